The van der Waals surface area contributed by atoms with Gasteiger partial charge in [0.25, 0.3) is 0 Å². The molecule has 2 unspecified atom stereocenters. The molecule has 2 aromatic rings. The van der Waals surface area contributed by atoms with Gasteiger partial charge in [0.15, 0.2) is 0 Å². The van der Waals surface area contributed by atoms with Crippen LogP contribution in [0.3, 0.4) is 0 Å². The largest absolute Gasteiger partial charge is 0.396 e. The smallest absolute Gasteiger partial charge is 0.245 e. The number of carbonyl (C=O) groups excluding carboxylic acids is 1. The van der Waals surface area contributed by atoms with Crippen molar-refractivity contribution in [3.8, 4) is 0 Å². The molecule has 0 aliphatic heterocycles. The molecule has 0 aromatic heterocycles. The molecule has 3 nitrogen and oxygen atoms in total. The molecule has 0 heterocycles. The molecule has 2 aromatic carbocycles. The number of alkyl halides is 1. The molecule has 0 saturated heterocycles. The lowest BCUT2D eigenvalue weighted by atomic mass is 9.91. The van der Waals surface area contributed by atoms with E-state index in [9.17, 15) is 9.90 Å². The van der Waals surface area contributed by atoms with Gasteiger partial charge in [0.1, 0.15) is 5.38 Å². The van der Waals surface area contributed by atoms with Gasteiger partial charge in [0.05, 0.1) is 5.69 Å². The average Bonchev–Trinajstić information content (AvgIpc) is 2.65. The number of hydrogen-bond donors (Lipinski definition) is 1. The second kappa shape index (κ2) is 8.67. The lowest BCUT2D eigenvalue weighted by Gasteiger charge is -2.27. The number of benzene rings is 2. The highest BCUT2D eigenvalue weighted by atomic mass is 35.5. The normalized spacial score (nSPS) is 13.1. The van der Waals surface area contributed by atoms with Gasteiger partial charge in [-0.2, -0.15) is 0 Å². The summed E-state index contributed by atoms with van der Waals surface area (Å²) in [6, 6.07) is 17.1. The fourth-order valence-electron chi connectivity index (χ4n) is 2.76. The minimum absolute atomic E-state index is 0.0248. The summed E-state index contributed by atoms with van der Waals surface area (Å²) in [4.78, 5) is 14.4. The first kappa shape index (κ1) is 18.2. The Morgan fingerprint density at radius 3 is 2.46 bits per heavy atom. The zero-order chi connectivity index (χ0) is 17.5. The van der Waals surface area contributed by atoms with Gasteiger partial charge in [-0.1, -0.05) is 61.2 Å². The molecule has 24 heavy (non-hydrogen) atoms. The molecule has 0 aliphatic rings. The van der Waals surface area contributed by atoms with Crippen LogP contribution in [0.25, 0.3) is 6.08 Å². The second-order valence-corrected chi connectivity index (χ2v) is 6.06. The van der Waals surface area contributed by atoms with Crippen molar-refractivity contribution in [1.82, 2.24) is 0 Å². The van der Waals surface area contributed by atoms with Crippen molar-refractivity contribution in [1.29, 1.82) is 0 Å². The summed E-state index contributed by atoms with van der Waals surface area (Å²) in [6.07, 6.45) is 2.14. The number of carbonyl (C=O) groups is 1. The molecule has 4 heteroatoms. The van der Waals surface area contributed by atoms with Gasteiger partial charge in [-0.3, -0.25) is 4.79 Å². The van der Waals surface area contributed by atoms with Crippen LogP contribution in [-0.2, 0) is 4.79 Å². The van der Waals surface area contributed by atoms with Gasteiger partial charge in [0, 0.05) is 19.6 Å². The van der Waals surface area contributed by atoms with Crippen molar-refractivity contribution in [3.05, 3.63) is 72.3 Å². The lowest BCUT2D eigenvalue weighted by Crippen LogP contribution is -2.37. The summed E-state index contributed by atoms with van der Waals surface area (Å²) in [5.41, 5.74) is 2.58. The highest BCUT2D eigenvalue weighted by molar-refractivity contribution is 6.33. The van der Waals surface area contributed by atoms with E-state index in [1.165, 1.54) is 0 Å². The zero-order valence-corrected chi connectivity index (χ0v) is 14.5. The van der Waals surface area contributed by atoms with Crippen LogP contribution < -0.4 is 4.90 Å². The summed E-state index contributed by atoms with van der Waals surface area (Å²) in [6.45, 7) is 3.76. The van der Waals surface area contributed by atoms with Crippen LogP contribution in [0.4, 0.5) is 5.69 Å². The van der Waals surface area contributed by atoms with Crippen LogP contribution >= 0.6 is 11.6 Å². The van der Waals surface area contributed by atoms with Gasteiger partial charge in [-0.25, -0.2) is 0 Å². The monoisotopic (exact) mass is 343 g/mol. The maximum Gasteiger partial charge on any atom is 0.245 e. The van der Waals surface area contributed by atoms with Crippen LogP contribution in [0.15, 0.2) is 61.2 Å². The van der Waals surface area contributed by atoms with Crippen molar-refractivity contribution in [3.63, 3.8) is 0 Å². The Balaban J connectivity index is 2.27. The van der Waals surface area contributed by atoms with Crippen LogP contribution in [0.2, 0.25) is 0 Å². The molecule has 2 rings (SSSR count). The van der Waals surface area contributed by atoms with Crippen LogP contribution in [0.5, 0.6) is 0 Å². The number of halogens is 1. The number of aliphatic hydroxyl groups is 1. The SMILES string of the molecule is C=Cc1ccccc1N(C)C(=O)C(Cl)C(CCO)c1ccccc1. The fraction of sp³-hybridized carbons (Fsp3) is 0.250. The quantitative estimate of drug-likeness (QED) is 0.770. The fourth-order valence-corrected chi connectivity index (χ4v) is 3.18. The number of anilines is 1. The number of amides is 1. The third-order valence-electron chi connectivity index (χ3n) is 4.11. The molecule has 0 fully saturated rings. The van der Waals surface area contributed by atoms with Crippen LogP contribution in [-0.4, -0.2) is 30.0 Å². The van der Waals surface area contributed by atoms with E-state index in [0.717, 1.165) is 16.8 Å². The van der Waals surface area contributed by atoms with E-state index >= 15 is 0 Å². The number of para-hydroxylation sites is 1. The molecule has 0 aliphatic carbocycles. The van der Waals surface area contributed by atoms with Gasteiger partial charge in [-0.15, -0.1) is 11.6 Å². The van der Waals surface area contributed by atoms with Gasteiger partial charge in [0.2, 0.25) is 5.91 Å². The van der Waals surface area contributed by atoms with Crippen molar-refractivity contribution in [2.75, 3.05) is 18.6 Å². The van der Waals surface area contributed by atoms with Gasteiger partial charge < -0.3 is 10.0 Å². The topological polar surface area (TPSA) is 40.5 Å². The molecule has 1 N–H and O–H groups in total. The minimum atomic E-state index is -0.762. The van der Waals surface area contributed by atoms with Gasteiger partial charge in [-0.05, 0) is 23.6 Å². The number of hydrogen-bond acceptors (Lipinski definition) is 2. The summed E-state index contributed by atoms with van der Waals surface area (Å²) in [5.74, 6) is -0.447. The molecule has 2 atom stereocenters. The van der Waals surface area contributed by atoms with Gasteiger partial charge >= 0.3 is 0 Å². The van der Waals surface area contributed by atoms with Crippen molar-refractivity contribution in [2.45, 2.75) is 17.7 Å². The summed E-state index contributed by atoms with van der Waals surface area (Å²) >= 11 is 6.52. The van der Waals surface area contributed by atoms with Crippen molar-refractivity contribution >= 4 is 29.3 Å². The first-order valence-electron chi connectivity index (χ1n) is 7.89. The van der Waals surface area contributed by atoms with Crippen molar-refractivity contribution < 1.29 is 9.90 Å². The first-order chi connectivity index (χ1) is 11.6. The molecule has 0 radical (unpaired) electrons. The summed E-state index contributed by atoms with van der Waals surface area (Å²) in [7, 11) is 1.71. The third kappa shape index (κ3) is 4.05. The maximum absolute atomic E-state index is 12.9. The van der Waals surface area contributed by atoms with E-state index in [2.05, 4.69) is 6.58 Å². The van der Waals surface area contributed by atoms with E-state index in [1.807, 2.05) is 54.6 Å². The Morgan fingerprint density at radius 2 is 1.83 bits per heavy atom. The summed E-state index contributed by atoms with van der Waals surface area (Å²) in [5, 5.41) is 8.61. The van der Waals surface area contributed by atoms with Crippen LogP contribution in [0, 0.1) is 0 Å². The number of nitrogens with zero attached hydrogens (tertiary/aromatic N) is 1. The molecule has 126 valence electrons. The molecule has 0 saturated carbocycles. The Morgan fingerprint density at radius 1 is 1.21 bits per heavy atom. The Bertz CT molecular complexity index is 687. The zero-order valence-electron chi connectivity index (χ0n) is 13.7. The number of rotatable bonds is 7. The minimum Gasteiger partial charge on any atom is -0.396 e. The molecular formula is C20H22ClNO2. The highest BCUT2D eigenvalue weighted by Gasteiger charge is 2.30. The molecule has 0 bridgehead atoms. The van der Waals surface area contributed by atoms with Crippen molar-refractivity contribution in [2.24, 2.45) is 0 Å². The highest BCUT2D eigenvalue weighted by Crippen LogP contribution is 2.30. The Labute approximate surface area is 148 Å². The maximum atomic E-state index is 12.9. The molecule has 1 amide bonds. The lowest BCUT2D eigenvalue weighted by molar-refractivity contribution is -0.118. The molecule has 0 spiro atoms. The first-order valence-corrected chi connectivity index (χ1v) is 8.32. The Kier molecular flexibility index (Phi) is 6.59. The van der Waals surface area contributed by atoms with Crippen LogP contribution in [0.1, 0.15) is 23.5 Å². The van der Waals surface area contributed by atoms with E-state index in [1.54, 1.807) is 18.0 Å². The van der Waals surface area contributed by atoms with E-state index in [0.29, 0.717) is 6.42 Å². The number of aliphatic hydroxyl groups excluding tert-OH is 1. The predicted molar refractivity (Wildman–Crippen MR) is 100 cm³/mol. The predicted octanol–water partition coefficient (Wildman–Crippen LogP) is 4.07. The average molecular weight is 344 g/mol. The third-order valence-corrected chi connectivity index (χ3v) is 4.60. The summed E-state index contributed by atoms with van der Waals surface area (Å²) < 4.78 is 0. The standard InChI is InChI=1S/C20H22ClNO2/c1-3-15-9-7-8-12-18(15)22(2)20(24)19(21)17(13-14-23)16-10-5-4-6-11-16/h3-12,17,19,23H,1,13-14H2,2H3. The van der Waals surface area contributed by atoms with E-state index < -0.39 is 5.38 Å². The molecular weight excluding hydrogens is 322 g/mol. The van der Waals surface area contributed by atoms with E-state index in [4.69, 9.17) is 11.6 Å². The van der Waals surface area contributed by atoms with E-state index in [-0.39, 0.29) is 18.4 Å². The second-order valence-electron chi connectivity index (χ2n) is 5.59. The Hall–Kier alpha value is -2.10.